The topological polar surface area (TPSA) is 44.5 Å². The number of hydrogen-bond donors (Lipinski definition) is 1. The van der Waals surface area contributed by atoms with Gasteiger partial charge in [-0.05, 0) is 47.1 Å². The summed E-state index contributed by atoms with van der Waals surface area (Å²) in [6, 6.07) is 0. The fourth-order valence-corrected chi connectivity index (χ4v) is 2.26. The van der Waals surface area contributed by atoms with Crippen molar-refractivity contribution in [3.63, 3.8) is 0 Å². The molecule has 0 radical (unpaired) electrons. The molecule has 0 spiro atoms. The van der Waals surface area contributed by atoms with Gasteiger partial charge in [-0.25, -0.2) is 0 Å². The Morgan fingerprint density at radius 1 is 1.07 bits per heavy atom. The summed E-state index contributed by atoms with van der Waals surface area (Å²) in [4.78, 5) is 0. The molecule has 2 aliphatic rings. The molecule has 86 valence electrons. The lowest BCUT2D eigenvalue weighted by molar-refractivity contribution is 0.00578. The highest BCUT2D eigenvalue weighted by Gasteiger charge is 2.60. The summed E-state index contributed by atoms with van der Waals surface area (Å²) < 4.78 is 12.1. The van der Waals surface area contributed by atoms with Gasteiger partial charge in [-0.15, -0.1) is 0 Å². The van der Waals surface area contributed by atoms with Gasteiger partial charge in [-0.1, -0.05) is 6.42 Å². The van der Waals surface area contributed by atoms with Crippen LogP contribution in [-0.2, 0) is 9.31 Å². The van der Waals surface area contributed by atoms with Crippen LogP contribution in [0.4, 0.5) is 0 Å². The Morgan fingerprint density at radius 3 is 1.80 bits per heavy atom. The monoisotopic (exact) mass is 211 g/mol. The molecular formula is C11H22BNO2. The maximum atomic E-state index is 6.06. The van der Waals surface area contributed by atoms with Crippen LogP contribution >= 0.6 is 0 Å². The Morgan fingerprint density at radius 2 is 1.53 bits per heavy atom. The number of rotatable bonds is 2. The molecule has 15 heavy (non-hydrogen) atoms. The van der Waals surface area contributed by atoms with Crippen LogP contribution in [0.1, 0.15) is 47.0 Å². The maximum absolute atomic E-state index is 6.06. The first kappa shape index (κ1) is 11.4. The van der Waals surface area contributed by atoms with Crippen molar-refractivity contribution in [2.45, 2.75) is 63.5 Å². The van der Waals surface area contributed by atoms with Gasteiger partial charge in [0.15, 0.2) is 0 Å². The van der Waals surface area contributed by atoms with Gasteiger partial charge in [0.25, 0.3) is 0 Å². The van der Waals surface area contributed by atoms with Crippen LogP contribution in [0.5, 0.6) is 0 Å². The Kier molecular flexibility index (Phi) is 2.45. The fraction of sp³-hybridized carbons (Fsp3) is 1.00. The summed E-state index contributed by atoms with van der Waals surface area (Å²) in [7, 11) is -0.110. The van der Waals surface area contributed by atoms with Crippen molar-refractivity contribution in [1.82, 2.24) is 0 Å². The minimum atomic E-state index is -0.227. The molecule has 1 saturated carbocycles. The van der Waals surface area contributed by atoms with E-state index in [-0.39, 0.29) is 23.6 Å². The standard InChI is InChI=1S/C11H22BNO2/c1-9(2)10(3,4)15-12(14-9)11(8-13)6-5-7-11/h5-8,13H2,1-4H3. The van der Waals surface area contributed by atoms with Crippen molar-refractivity contribution in [3.8, 4) is 0 Å². The fourth-order valence-electron chi connectivity index (χ4n) is 2.26. The summed E-state index contributed by atoms with van der Waals surface area (Å²) in [5.41, 5.74) is 5.41. The Labute approximate surface area is 92.8 Å². The highest BCUT2D eigenvalue weighted by Crippen LogP contribution is 2.55. The molecule has 1 heterocycles. The SMILES string of the molecule is CC1(C)OB(C2(CN)CCC2)OC1(C)C. The van der Waals surface area contributed by atoms with Crippen molar-refractivity contribution < 1.29 is 9.31 Å². The smallest absolute Gasteiger partial charge is 0.403 e. The van der Waals surface area contributed by atoms with Crippen LogP contribution in [-0.4, -0.2) is 24.9 Å². The summed E-state index contributed by atoms with van der Waals surface area (Å²) in [6.45, 7) is 9.04. The van der Waals surface area contributed by atoms with Crippen LogP contribution < -0.4 is 5.73 Å². The Balaban J connectivity index is 2.15. The summed E-state index contributed by atoms with van der Waals surface area (Å²) in [6.07, 6.45) is 3.53. The average molecular weight is 211 g/mol. The summed E-state index contributed by atoms with van der Waals surface area (Å²) >= 11 is 0. The van der Waals surface area contributed by atoms with Gasteiger partial charge >= 0.3 is 7.12 Å². The first-order chi connectivity index (χ1) is 6.83. The minimum Gasteiger partial charge on any atom is -0.403 e. The lowest BCUT2D eigenvalue weighted by Crippen LogP contribution is -2.45. The third-order valence-corrected chi connectivity index (χ3v) is 4.51. The van der Waals surface area contributed by atoms with Crippen molar-refractivity contribution in [1.29, 1.82) is 0 Å². The zero-order valence-corrected chi connectivity index (χ0v) is 10.3. The van der Waals surface area contributed by atoms with E-state index in [0.717, 1.165) is 12.8 Å². The molecule has 0 unspecified atom stereocenters. The van der Waals surface area contributed by atoms with E-state index in [1.165, 1.54) is 6.42 Å². The molecular weight excluding hydrogens is 189 g/mol. The van der Waals surface area contributed by atoms with E-state index in [9.17, 15) is 0 Å². The molecule has 0 aromatic heterocycles. The lowest BCUT2D eigenvalue weighted by Gasteiger charge is -2.41. The first-order valence-corrected chi connectivity index (χ1v) is 5.89. The van der Waals surface area contributed by atoms with Crippen molar-refractivity contribution in [2.24, 2.45) is 5.73 Å². The highest BCUT2D eigenvalue weighted by molar-refractivity contribution is 6.50. The second kappa shape index (κ2) is 3.22. The van der Waals surface area contributed by atoms with Crippen LogP contribution in [0.15, 0.2) is 0 Å². The molecule has 1 saturated heterocycles. The predicted octanol–water partition coefficient (Wildman–Crippen LogP) is 1.96. The van der Waals surface area contributed by atoms with Gasteiger partial charge < -0.3 is 15.0 Å². The molecule has 0 aromatic carbocycles. The zero-order chi connectivity index (χ0) is 11.3. The van der Waals surface area contributed by atoms with E-state index >= 15 is 0 Å². The minimum absolute atomic E-state index is 0.0883. The quantitative estimate of drug-likeness (QED) is 0.710. The average Bonchev–Trinajstić information content (AvgIpc) is 2.20. The van der Waals surface area contributed by atoms with Gasteiger partial charge in [0.2, 0.25) is 0 Å². The molecule has 1 aliphatic carbocycles. The van der Waals surface area contributed by atoms with Crippen LogP contribution in [0.2, 0.25) is 5.31 Å². The van der Waals surface area contributed by atoms with Crippen molar-refractivity contribution in [3.05, 3.63) is 0 Å². The van der Waals surface area contributed by atoms with Gasteiger partial charge in [0.1, 0.15) is 0 Å². The van der Waals surface area contributed by atoms with Crippen LogP contribution in [0.25, 0.3) is 0 Å². The zero-order valence-electron chi connectivity index (χ0n) is 10.3. The van der Waals surface area contributed by atoms with E-state index in [0.29, 0.717) is 6.54 Å². The third kappa shape index (κ3) is 1.54. The number of nitrogens with two attached hydrogens (primary N) is 1. The first-order valence-electron chi connectivity index (χ1n) is 5.89. The van der Waals surface area contributed by atoms with Gasteiger partial charge in [0, 0.05) is 5.31 Å². The third-order valence-electron chi connectivity index (χ3n) is 4.51. The van der Waals surface area contributed by atoms with E-state index in [1.54, 1.807) is 0 Å². The Hall–Kier alpha value is -0.0551. The van der Waals surface area contributed by atoms with Crippen molar-refractivity contribution in [2.75, 3.05) is 6.54 Å². The van der Waals surface area contributed by atoms with E-state index < -0.39 is 0 Å². The lowest BCUT2D eigenvalue weighted by atomic mass is 9.47. The van der Waals surface area contributed by atoms with Gasteiger partial charge in [-0.3, -0.25) is 0 Å². The highest BCUT2D eigenvalue weighted by atomic mass is 16.7. The normalized spacial score (nSPS) is 31.4. The molecule has 2 N–H and O–H groups in total. The molecule has 0 bridgehead atoms. The van der Waals surface area contributed by atoms with Crippen molar-refractivity contribution >= 4 is 7.12 Å². The Bertz CT molecular complexity index is 240. The number of hydrogen-bond acceptors (Lipinski definition) is 3. The van der Waals surface area contributed by atoms with Crippen LogP contribution in [0, 0.1) is 0 Å². The summed E-state index contributed by atoms with van der Waals surface area (Å²) in [5, 5.41) is 0.0883. The molecule has 2 rings (SSSR count). The molecule has 2 fully saturated rings. The molecule has 1 aliphatic heterocycles. The molecule has 4 heteroatoms. The summed E-state index contributed by atoms with van der Waals surface area (Å²) in [5.74, 6) is 0. The largest absolute Gasteiger partial charge is 0.465 e. The second-order valence-electron chi connectivity index (χ2n) is 6.01. The van der Waals surface area contributed by atoms with Crippen LogP contribution in [0.3, 0.4) is 0 Å². The maximum Gasteiger partial charge on any atom is 0.465 e. The predicted molar refractivity (Wildman–Crippen MR) is 61.7 cm³/mol. The van der Waals surface area contributed by atoms with E-state index in [2.05, 4.69) is 27.7 Å². The second-order valence-corrected chi connectivity index (χ2v) is 6.01. The molecule has 3 nitrogen and oxygen atoms in total. The van der Waals surface area contributed by atoms with E-state index in [1.807, 2.05) is 0 Å². The molecule has 0 amide bonds. The van der Waals surface area contributed by atoms with Gasteiger partial charge in [-0.2, -0.15) is 0 Å². The van der Waals surface area contributed by atoms with E-state index in [4.69, 9.17) is 15.0 Å². The molecule has 0 aromatic rings. The molecule has 0 atom stereocenters. The van der Waals surface area contributed by atoms with Gasteiger partial charge in [0.05, 0.1) is 11.2 Å².